The van der Waals surface area contributed by atoms with Gasteiger partial charge in [-0.1, -0.05) is 26.0 Å². The van der Waals surface area contributed by atoms with E-state index in [9.17, 15) is 13.2 Å². The maximum Gasteiger partial charge on any atom is 0.251 e. The van der Waals surface area contributed by atoms with Crippen LogP contribution in [-0.2, 0) is 15.6 Å². The summed E-state index contributed by atoms with van der Waals surface area (Å²) < 4.78 is 22.5. The van der Waals surface area contributed by atoms with Crippen molar-refractivity contribution in [1.29, 1.82) is 0 Å². The van der Waals surface area contributed by atoms with E-state index in [1.165, 1.54) is 6.26 Å². The number of nitrogens with one attached hydrogen (secondary N) is 1. The molecular formula is C15H24N2O3S. The highest BCUT2D eigenvalue weighted by atomic mass is 32.2. The number of benzene rings is 1. The van der Waals surface area contributed by atoms with E-state index in [4.69, 9.17) is 5.73 Å². The maximum absolute atomic E-state index is 12.2. The average Bonchev–Trinajstić information content (AvgIpc) is 2.37. The van der Waals surface area contributed by atoms with Crippen LogP contribution < -0.4 is 11.1 Å². The summed E-state index contributed by atoms with van der Waals surface area (Å²) in [6, 6.07) is 6.58. The van der Waals surface area contributed by atoms with E-state index in [0.29, 0.717) is 17.7 Å². The Bertz CT molecular complexity index is 594. The van der Waals surface area contributed by atoms with Gasteiger partial charge in [-0.15, -0.1) is 0 Å². The van der Waals surface area contributed by atoms with Crippen molar-refractivity contribution in [3.8, 4) is 0 Å². The second-order valence-electron chi connectivity index (χ2n) is 6.00. The molecule has 1 aromatic carbocycles. The fraction of sp³-hybridized carbons (Fsp3) is 0.533. The van der Waals surface area contributed by atoms with Crippen molar-refractivity contribution in [3.63, 3.8) is 0 Å². The van der Waals surface area contributed by atoms with E-state index in [-0.39, 0.29) is 17.6 Å². The second-order valence-corrected chi connectivity index (χ2v) is 8.14. The summed E-state index contributed by atoms with van der Waals surface area (Å²) in [5, 5.41) is 2.94. The number of amides is 1. The smallest absolute Gasteiger partial charge is 0.251 e. The number of carbonyl (C=O) groups excluding carboxylic acids is 1. The first kappa shape index (κ1) is 17.7. The summed E-state index contributed by atoms with van der Waals surface area (Å²) in [5.74, 6) is -0.0278. The predicted molar refractivity (Wildman–Crippen MR) is 84.8 cm³/mol. The lowest BCUT2D eigenvalue weighted by atomic mass is 9.88. The highest BCUT2D eigenvalue weighted by Gasteiger charge is 2.28. The van der Waals surface area contributed by atoms with Crippen LogP contribution in [0.3, 0.4) is 0 Å². The van der Waals surface area contributed by atoms with Crippen LogP contribution in [0.1, 0.15) is 36.7 Å². The Hall–Kier alpha value is -1.40. The topological polar surface area (TPSA) is 89.3 Å². The molecule has 1 rings (SSSR count). The molecule has 0 spiro atoms. The molecule has 0 saturated heterocycles. The fourth-order valence-corrected chi connectivity index (χ4v) is 2.62. The molecule has 1 amide bonds. The monoisotopic (exact) mass is 312 g/mol. The summed E-state index contributed by atoms with van der Waals surface area (Å²) in [6.07, 6.45) is 1.18. The summed E-state index contributed by atoms with van der Waals surface area (Å²) in [4.78, 5) is 12.2. The number of hydrogen-bond donors (Lipinski definition) is 2. The lowest BCUT2D eigenvalue weighted by Crippen LogP contribution is -2.55. The lowest BCUT2D eigenvalue weighted by Gasteiger charge is -2.33. The molecule has 0 heterocycles. The van der Waals surface area contributed by atoms with Crippen molar-refractivity contribution < 1.29 is 13.2 Å². The van der Waals surface area contributed by atoms with Crippen LogP contribution in [0.5, 0.6) is 0 Å². The van der Waals surface area contributed by atoms with E-state index >= 15 is 0 Å². The van der Waals surface area contributed by atoms with Crippen molar-refractivity contribution in [2.24, 2.45) is 11.7 Å². The van der Waals surface area contributed by atoms with Gasteiger partial charge in [0.05, 0.1) is 11.3 Å². The number of carbonyl (C=O) groups is 1. The standard InChI is InChI=1S/C15H24N2O3S/c1-11(2)15(3,10-16)17-14(18)13-7-5-12(6-8-13)9-21(4,19)20/h5-8,11H,9-10,16H2,1-4H3,(H,17,18). The summed E-state index contributed by atoms with van der Waals surface area (Å²) in [6.45, 7) is 6.26. The van der Waals surface area contributed by atoms with Crippen molar-refractivity contribution in [3.05, 3.63) is 35.4 Å². The summed E-state index contributed by atoms with van der Waals surface area (Å²) in [7, 11) is -3.07. The molecule has 0 aromatic heterocycles. The van der Waals surface area contributed by atoms with Gasteiger partial charge >= 0.3 is 0 Å². The van der Waals surface area contributed by atoms with Crippen LogP contribution in [-0.4, -0.2) is 32.7 Å². The lowest BCUT2D eigenvalue weighted by molar-refractivity contribution is 0.0883. The first-order chi connectivity index (χ1) is 9.57. The molecule has 1 unspecified atom stereocenters. The van der Waals surface area contributed by atoms with Gasteiger partial charge in [-0.3, -0.25) is 4.79 Å². The van der Waals surface area contributed by atoms with Gasteiger partial charge in [0.1, 0.15) is 0 Å². The zero-order valence-corrected chi connectivity index (χ0v) is 13.8. The molecule has 21 heavy (non-hydrogen) atoms. The van der Waals surface area contributed by atoms with Gasteiger partial charge in [0.25, 0.3) is 5.91 Å². The molecule has 0 aliphatic rings. The van der Waals surface area contributed by atoms with E-state index in [2.05, 4.69) is 5.32 Å². The van der Waals surface area contributed by atoms with Crippen LogP contribution in [0, 0.1) is 5.92 Å². The first-order valence-corrected chi connectivity index (χ1v) is 8.92. The largest absolute Gasteiger partial charge is 0.345 e. The Morgan fingerprint density at radius 3 is 2.19 bits per heavy atom. The molecule has 0 fully saturated rings. The third kappa shape index (κ3) is 5.13. The van der Waals surface area contributed by atoms with E-state index < -0.39 is 15.4 Å². The zero-order valence-electron chi connectivity index (χ0n) is 13.0. The van der Waals surface area contributed by atoms with Gasteiger partial charge in [0, 0.05) is 18.4 Å². The number of sulfone groups is 1. The predicted octanol–water partition coefficient (Wildman–Crippen LogP) is 1.33. The van der Waals surface area contributed by atoms with Gasteiger partial charge in [-0.05, 0) is 30.5 Å². The van der Waals surface area contributed by atoms with E-state index in [1.807, 2.05) is 20.8 Å². The van der Waals surface area contributed by atoms with Crippen LogP contribution in [0.15, 0.2) is 24.3 Å². The van der Waals surface area contributed by atoms with Gasteiger partial charge in [0.15, 0.2) is 9.84 Å². The molecule has 6 heteroatoms. The SMILES string of the molecule is CC(C)C(C)(CN)NC(=O)c1ccc(CS(C)(=O)=O)cc1. The van der Waals surface area contributed by atoms with Crippen LogP contribution >= 0.6 is 0 Å². The van der Waals surface area contributed by atoms with Gasteiger partial charge in [0.2, 0.25) is 0 Å². The third-order valence-electron chi connectivity index (χ3n) is 3.74. The maximum atomic E-state index is 12.2. The Labute approximate surface area is 126 Å². The minimum Gasteiger partial charge on any atom is -0.345 e. The molecule has 5 nitrogen and oxygen atoms in total. The van der Waals surface area contributed by atoms with Crippen molar-refractivity contribution >= 4 is 15.7 Å². The van der Waals surface area contributed by atoms with Crippen LogP contribution in [0.25, 0.3) is 0 Å². The van der Waals surface area contributed by atoms with Gasteiger partial charge in [-0.25, -0.2) is 8.42 Å². The molecule has 0 radical (unpaired) electrons. The summed E-state index contributed by atoms with van der Waals surface area (Å²) >= 11 is 0. The van der Waals surface area contributed by atoms with Crippen molar-refractivity contribution in [2.45, 2.75) is 32.1 Å². The number of nitrogens with two attached hydrogens (primary N) is 1. The Kier molecular flexibility index (Phi) is 5.53. The van der Waals surface area contributed by atoms with Gasteiger partial charge in [-0.2, -0.15) is 0 Å². The highest BCUT2D eigenvalue weighted by Crippen LogP contribution is 2.16. The molecule has 3 N–H and O–H groups in total. The Morgan fingerprint density at radius 2 is 1.81 bits per heavy atom. The Morgan fingerprint density at radius 1 is 1.29 bits per heavy atom. The van der Waals surface area contributed by atoms with Gasteiger partial charge < -0.3 is 11.1 Å². The minimum atomic E-state index is -3.07. The normalized spacial score (nSPS) is 14.8. The van der Waals surface area contributed by atoms with Crippen LogP contribution in [0.2, 0.25) is 0 Å². The summed E-state index contributed by atoms with van der Waals surface area (Å²) in [5.41, 5.74) is 6.44. The minimum absolute atomic E-state index is 0.0264. The third-order valence-corrected chi connectivity index (χ3v) is 4.60. The number of hydrogen-bond acceptors (Lipinski definition) is 4. The van der Waals surface area contributed by atoms with Crippen LogP contribution in [0.4, 0.5) is 0 Å². The molecule has 0 aliphatic carbocycles. The molecule has 0 aliphatic heterocycles. The first-order valence-electron chi connectivity index (χ1n) is 6.86. The Balaban J connectivity index is 2.85. The highest BCUT2D eigenvalue weighted by molar-refractivity contribution is 7.89. The van der Waals surface area contributed by atoms with Crippen molar-refractivity contribution in [1.82, 2.24) is 5.32 Å². The van der Waals surface area contributed by atoms with E-state index in [0.717, 1.165) is 0 Å². The average molecular weight is 312 g/mol. The fourth-order valence-electron chi connectivity index (χ4n) is 1.82. The quantitative estimate of drug-likeness (QED) is 0.829. The van der Waals surface area contributed by atoms with E-state index in [1.54, 1.807) is 24.3 Å². The molecule has 1 aromatic rings. The zero-order chi connectivity index (χ0) is 16.3. The molecule has 0 saturated carbocycles. The molecule has 118 valence electrons. The second kappa shape index (κ2) is 6.58. The molecule has 0 bridgehead atoms. The molecular weight excluding hydrogens is 288 g/mol. The van der Waals surface area contributed by atoms with Crippen molar-refractivity contribution in [2.75, 3.05) is 12.8 Å². The molecule has 1 atom stereocenters. The number of rotatable bonds is 6.